The first-order valence-electron chi connectivity index (χ1n) is 5.83. The Balaban J connectivity index is 2.13. The minimum absolute atomic E-state index is 0.643. The van der Waals surface area contributed by atoms with Crippen molar-refractivity contribution in [2.24, 2.45) is 0 Å². The quantitative estimate of drug-likeness (QED) is 0.698. The summed E-state index contributed by atoms with van der Waals surface area (Å²) in [6.45, 7) is 6.09. The van der Waals surface area contributed by atoms with E-state index in [1.54, 1.807) is 0 Å². The van der Waals surface area contributed by atoms with Crippen LogP contribution in [-0.4, -0.2) is 9.55 Å². The van der Waals surface area contributed by atoms with Crippen LogP contribution in [0.25, 0.3) is 5.57 Å². The van der Waals surface area contributed by atoms with Gasteiger partial charge in [-0.3, -0.25) is 0 Å². The average Bonchev–Trinajstić information content (AvgIpc) is 2.64. The van der Waals surface area contributed by atoms with E-state index in [2.05, 4.69) is 16.1 Å². The SMILES string of the molecule is C=C(/C=C\C=C/C)c1cncn1C1CCC1. The Morgan fingerprint density at radius 1 is 1.50 bits per heavy atom. The molecule has 1 aliphatic carbocycles. The molecule has 16 heavy (non-hydrogen) atoms. The highest BCUT2D eigenvalue weighted by molar-refractivity contribution is 5.69. The van der Waals surface area contributed by atoms with Crippen molar-refractivity contribution in [2.45, 2.75) is 32.2 Å². The zero-order valence-electron chi connectivity index (χ0n) is 9.76. The summed E-state index contributed by atoms with van der Waals surface area (Å²) in [6, 6.07) is 0.643. The lowest BCUT2D eigenvalue weighted by Crippen LogP contribution is -2.17. The molecule has 84 valence electrons. The fraction of sp³-hybridized carbons (Fsp3) is 0.357. The molecule has 1 aromatic heterocycles. The van der Waals surface area contributed by atoms with E-state index in [1.807, 2.05) is 43.8 Å². The van der Waals surface area contributed by atoms with E-state index in [0.29, 0.717) is 6.04 Å². The summed E-state index contributed by atoms with van der Waals surface area (Å²) in [5.41, 5.74) is 2.17. The molecule has 0 bridgehead atoms. The van der Waals surface area contributed by atoms with Gasteiger partial charge in [-0.1, -0.05) is 30.9 Å². The van der Waals surface area contributed by atoms with Gasteiger partial charge in [0.05, 0.1) is 18.2 Å². The number of imidazole rings is 1. The number of hydrogen-bond acceptors (Lipinski definition) is 1. The zero-order chi connectivity index (χ0) is 11.4. The van der Waals surface area contributed by atoms with Gasteiger partial charge in [0.15, 0.2) is 0 Å². The predicted molar refractivity (Wildman–Crippen MR) is 68.1 cm³/mol. The van der Waals surface area contributed by atoms with Gasteiger partial charge in [-0.15, -0.1) is 0 Å². The number of aromatic nitrogens is 2. The number of hydrogen-bond donors (Lipinski definition) is 0. The topological polar surface area (TPSA) is 17.8 Å². The molecule has 1 aromatic rings. The lowest BCUT2D eigenvalue weighted by Gasteiger charge is -2.28. The fourth-order valence-corrected chi connectivity index (χ4v) is 1.88. The molecule has 1 fully saturated rings. The molecule has 0 spiro atoms. The molecule has 0 unspecified atom stereocenters. The molecule has 1 heterocycles. The third-order valence-corrected chi connectivity index (χ3v) is 3.06. The third kappa shape index (κ3) is 2.16. The van der Waals surface area contributed by atoms with Crippen molar-refractivity contribution in [3.8, 4) is 0 Å². The molecule has 2 heteroatoms. The highest BCUT2D eigenvalue weighted by Crippen LogP contribution is 2.33. The second-order valence-electron chi connectivity index (χ2n) is 4.18. The van der Waals surface area contributed by atoms with Crippen LogP contribution in [0.1, 0.15) is 37.9 Å². The van der Waals surface area contributed by atoms with Crippen LogP contribution in [-0.2, 0) is 0 Å². The summed E-state index contributed by atoms with van der Waals surface area (Å²) >= 11 is 0. The first kappa shape index (κ1) is 10.9. The van der Waals surface area contributed by atoms with E-state index in [-0.39, 0.29) is 0 Å². The Hall–Kier alpha value is -1.57. The van der Waals surface area contributed by atoms with Crippen LogP contribution in [0.3, 0.4) is 0 Å². The van der Waals surface area contributed by atoms with E-state index >= 15 is 0 Å². The van der Waals surface area contributed by atoms with Crippen molar-refractivity contribution in [3.05, 3.63) is 49.1 Å². The molecule has 0 atom stereocenters. The van der Waals surface area contributed by atoms with Crippen LogP contribution in [0, 0.1) is 0 Å². The molecule has 0 amide bonds. The molecule has 0 saturated heterocycles. The number of nitrogens with zero attached hydrogens (tertiary/aromatic N) is 2. The first-order chi connectivity index (χ1) is 7.83. The second kappa shape index (κ2) is 4.97. The molecule has 2 rings (SSSR count). The van der Waals surface area contributed by atoms with Gasteiger partial charge in [0.1, 0.15) is 0 Å². The minimum Gasteiger partial charge on any atom is -0.328 e. The molecule has 1 aliphatic rings. The van der Waals surface area contributed by atoms with E-state index in [4.69, 9.17) is 0 Å². The summed E-state index contributed by atoms with van der Waals surface area (Å²) in [5.74, 6) is 0. The summed E-state index contributed by atoms with van der Waals surface area (Å²) in [6.07, 6.45) is 15.8. The molecule has 0 radical (unpaired) electrons. The fourth-order valence-electron chi connectivity index (χ4n) is 1.88. The van der Waals surface area contributed by atoms with Crippen LogP contribution in [0.2, 0.25) is 0 Å². The second-order valence-corrected chi connectivity index (χ2v) is 4.18. The van der Waals surface area contributed by atoms with E-state index < -0.39 is 0 Å². The Morgan fingerprint density at radius 2 is 2.31 bits per heavy atom. The van der Waals surface area contributed by atoms with Crippen molar-refractivity contribution < 1.29 is 0 Å². The zero-order valence-corrected chi connectivity index (χ0v) is 9.76. The Bertz CT molecular complexity index is 420. The normalized spacial score (nSPS) is 17.1. The average molecular weight is 214 g/mol. The van der Waals surface area contributed by atoms with Gasteiger partial charge < -0.3 is 4.57 Å². The van der Waals surface area contributed by atoms with Gasteiger partial charge in [-0.25, -0.2) is 4.98 Å². The minimum atomic E-state index is 0.643. The molecular weight excluding hydrogens is 196 g/mol. The van der Waals surface area contributed by atoms with Crippen molar-refractivity contribution in [3.63, 3.8) is 0 Å². The maximum absolute atomic E-state index is 4.22. The van der Waals surface area contributed by atoms with E-state index in [9.17, 15) is 0 Å². The van der Waals surface area contributed by atoms with Gasteiger partial charge >= 0.3 is 0 Å². The monoisotopic (exact) mass is 214 g/mol. The summed E-state index contributed by atoms with van der Waals surface area (Å²) in [4.78, 5) is 4.22. The van der Waals surface area contributed by atoms with Gasteiger partial charge in [0, 0.05) is 6.04 Å². The van der Waals surface area contributed by atoms with Crippen molar-refractivity contribution in [1.29, 1.82) is 0 Å². The van der Waals surface area contributed by atoms with Gasteiger partial charge in [-0.05, 0) is 31.8 Å². The third-order valence-electron chi connectivity index (χ3n) is 3.06. The number of allylic oxidation sites excluding steroid dienone is 5. The molecule has 0 N–H and O–H groups in total. The lowest BCUT2D eigenvalue weighted by molar-refractivity contribution is 0.312. The van der Waals surface area contributed by atoms with Crippen LogP contribution < -0.4 is 0 Å². The largest absolute Gasteiger partial charge is 0.328 e. The van der Waals surface area contributed by atoms with Crippen LogP contribution in [0.5, 0.6) is 0 Å². The summed E-state index contributed by atoms with van der Waals surface area (Å²) in [7, 11) is 0. The van der Waals surface area contributed by atoms with Gasteiger partial charge in [-0.2, -0.15) is 0 Å². The molecule has 1 saturated carbocycles. The van der Waals surface area contributed by atoms with Gasteiger partial charge in [0.25, 0.3) is 0 Å². The van der Waals surface area contributed by atoms with Crippen LogP contribution in [0.15, 0.2) is 43.4 Å². The summed E-state index contributed by atoms with van der Waals surface area (Å²) < 4.78 is 2.26. The van der Waals surface area contributed by atoms with E-state index in [1.165, 1.54) is 19.3 Å². The Labute approximate surface area is 97.0 Å². The predicted octanol–water partition coefficient (Wildman–Crippen LogP) is 3.75. The van der Waals surface area contributed by atoms with Crippen molar-refractivity contribution in [1.82, 2.24) is 9.55 Å². The maximum atomic E-state index is 4.22. The molecule has 0 aromatic carbocycles. The number of rotatable bonds is 4. The van der Waals surface area contributed by atoms with Crippen molar-refractivity contribution in [2.75, 3.05) is 0 Å². The maximum Gasteiger partial charge on any atom is 0.0953 e. The Morgan fingerprint density at radius 3 is 2.94 bits per heavy atom. The highest BCUT2D eigenvalue weighted by atomic mass is 15.1. The van der Waals surface area contributed by atoms with Crippen molar-refractivity contribution >= 4 is 5.57 Å². The lowest BCUT2D eigenvalue weighted by atomic mass is 9.92. The smallest absolute Gasteiger partial charge is 0.0953 e. The van der Waals surface area contributed by atoms with Gasteiger partial charge in [0.2, 0.25) is 0 Å². The summed E-state index contributed by atoms with van der Waals surface area (Å²) in [5, 5.41) is 0. The standard InChI is InChI=1S/C14H18N2/c1-3-4-5-7-12(2)14-10-15-11-16(14)13-8-6-9-13/h3-5,7,10-11,13H,2,6,8-9H2,1H3/b4-3-,7-5-. The Kier molecular flexibility index (Phi) is 3.40. The van der Waals surface area contributed by atoms with Crippen LogP contribution >= 0.6 is 0 Å². The molecule has 0 aliphatic heterocycles. The molecular formula is C14H18N2. The first-order valence-corrected chi connectivity index (χ1v) is 5.83. The molecule has 2 nitrogen and oxygen atoms in total. The highest BCUT2D eigenvalue weighted by Gasteiger charge is 2.21. The van der Waals surface area contributed by atoms with E-state index in [0.717, 1.165) is 11.3 Å². The van der Waals surface area contributed by atoms with Crippen LogP contribution in [0.4, 0.5) is 0 Å².